The molecule has 1 heterocycles. The predicted octanol–water partition coefficient (Wildman–Crippen LogP) is 1.96. The van der Waals surface area contributed by atoms with Crippen LogP contribution in [0.1, 0.15) is 26.7 Å². The fourth-order valence-electron chi connectivity index (χ4n) is 2.47. The second kappa shape index (κ2) is 4.88. The molecule has 0 aromatic heterocycles. The van der Waals surface area contributed by atoms with Crippen molar-refractivity contribution < 1.29 is 4.79 Å². The van der Waals surface area contributed by atoms with Gasteiger partial charge in [-0.1, -0.05) is 12.1 Å². The Morgan fingerprint density at radius 1 is 1.44 bits per heavy atom. The number of anilines is 2. The van der Waals surface area contributed by atoms with Crippen molar-refractivity contribution in [2.45, 2.75) is 32.2 Å². The van der Waals surface area contributed by atoms with E-state index in [0.29, 0.717) is 6.42 Å². The summed E-state index contributed by atoms with van der Waals surface area (Å²) in [6.45, 7) is 6.17. The third kappa shape index (κ3) is 2.94. The second-order valence-corrected chi connectivity index (χ2v) is 5.52. The van der Waals surface area contributed by atoms with Crippen molar-refractivity contribution in [3.8, 4) is 0 Å². The monoisotopic (exact) mass is 247 g/mol. The van der Waals surface area contributed by atoms with Crippen LogP contribution in [-0.4, -0.2) is 24.5 Å². The number of amides is 1. The standard InChI is InChI=1S/C14H21N3O/c1-14(2)10-17(9-5-8-13(15)18)12-7-4-3-6-11(12)16-14/h3-4,6-7,16H,5,8-10H2,1-2H3,(H2,15,18). The van der Waals surface area contributed by atoms with Gasteiger partial charge in [0.1, 0.15) is 0 Å². The molecule has 0 saturated carbocycles. The molecule has 1 aromatic carbocycles. The number of para-hydroxylation sites is 2. The van der Waals surface area contributed by atoms with E-state index in [9.17, 15) is 4.79 Å². The molecular formula is C14H21N3O. The summed E-state index contributed by atoms with van der Waals surface area (Å²) < 4.78 is 0. The highest BCUT2D eigenvalue weighted by atomic mass is 16.1. The largest absolute Gasteiger partial charge is 0.377 e. The Balaban J connectivity index is 2.12. The molecule has 0 unspecified atom stereocenters. The SMILES string of the molecule is CC1(C)CN(CCCC(N)=O)c2ccccc2N1. The van der Waals surface area contributed by atoms with E-state index in [1.807, 2.05) is 12.1 Å². The molecule has 0 saturated heterocycles. The maximum absolute atomic E-state index is 10.8. The van der Waals surface area contributed by atoms with Crippen LogP contribution in [0.4, 0.5) is 11.4 Å². The molecule has 18 heavy (non-hydrogen) atoms. The van der Waals surface area contributed by atoms with E-state index in [-0.39, 0.29) is 11.4 Å². The van der Waals surface area contributed by atoms with Crippen LogP contribution in [0.15, 0.2) is 24.3 Å². The molecule has 3 N–H and O–H groups in total. The minimum absolute atomic E-state index is 0.0427. The molecule has 98 valence electrons. The molecular weight excluding hydrogens is 226 g/mol. The highest BCUT2D eigenvalue weighted by molar-refractivity contribution is 5.75. The number of rotatable bonds is 4. The number of carbonyl (C=O) groups excluding carboxylic acids is 1. The molecule has 1 aliphatic heterocycles. The number of carbonyl (C=O) groups is 1. The lowest BCUT2D eigenvalue weighted by Crippen LogP contribution is -2.48. The first-order valence-electron chi connectivity index (χ1n) is 6.38. The van der Waals surface area contributed by atoms with Gasteiger partial charge in [0.25, 0.3) is 0 Å². The van der Waals surface area contributed by atoms with E-state index < -0.39 is 0 Å². The van der Waals surface area contributed by atoms with Gasteiger partial charge >= 0.3 is 0 Å². The summed E-state index contributed by atoms with van der Waals surface area (Å²) in [5.74, 6) is -0.224. The maximum Gasteiger partial charge on any atom is 0.217 e. The fraction of sp³-hybridized carbons (Fsp3) is 0.500. The average Bonchev–Trinajstić information content (AvgIpc) is 2.27. The molecule has 4 heteroatoms. The summed E-state index contributed by atoms with van der Waals surface area (Å²) in [6, 6.07) is 8.29. The summed E-state index contributed by atoms with van der Waals surface area (Å²) >= 11 is 0. The number of benzene rings is 1. The predicted molar refractivity (Wildman–Crippen MR) is 74.8 cm³/mol. The molecule has 1 aliphatic rings. The highest BCUT2D eigenvalue weighted by Crippen LogP contribution is 2.34. The Bertz CT molecular complexity index is 442. The molecule has 2 rings (SSSR count). The number of primary amides is 1. The summed E-state index contributed by atoms with van der Waals surface area (Å²) in [5.41, 5.74) is 7.60. The first-order valence-corrected chi connectivity index (χ1v) is 6.38. The Labute approximate surface area is 108 Å². The lowest BCUT2D eigenvalue weighted by molar-refractivity contribution is -0.118. The van der Waals surface area contributed by atoms with Crippen molar-refractivity contribution in [1.82, 2.24) is 0 Å². The Hall–Kier alpha value is -1.71. The molecule has 1 aromatic rings. The van der Waals surface area contributed by atoms with Crippen molar-refractivity contribution in [2.75, 3.05) is 23.3 Å². The average molecular weight is 247 g/mol. The molecule has 0 spiro atoms. The summed E-state index contributed by atoms with van der Waals surface area (Å²) in [7, 11) is 0. The minimum Gasteiger partial charge on any atom is -0.377 e. The zero-order valence-electron chi connectivity index (χ0n) is 11.1. The van der Waals surface area contributed by atoms with Gasteiger partial charge in [-0.3, -0.25) is 4.79 Å². The van der Waals surface area contributed by atoms with Crippen LogP contribution in [0.3, 0.4) is 0 Å². The van der Waals surface area contributed by atoms with Crippen molar-refractivity contribution in [2.24, 2.45) is 5.73 Å². The highest BCUT2D eigenvalue weighted by Gasteiger charge is 2.28. The molecule has 0 aliphatic carbocycles. The van der Waals surface area contributed by atoms with Crippen LogP contribution in [0, 0.1) is 0 Å². The van der Waals surface area contributed by atoms with Crippen molar-refractivity contribution >= 4 is 17.3 Å². The molecule has 0 radical (unpaired) electrons. The fourth-order valence-corrected chi connectivity index (χ4v) is 2.47. The van der Waals surface area contributed by atoms with Gasteiger partial charge in [-0.25, -0.2) is 0 Å². The second-order valence-electron chi connectivity index (χ2n) is 5.52. The van der Waals surface area contributed by atoms with Crippen molar-refractivity contribution in [3.05, 3.63) is 24.3 Å². The summed E-state index contributed by atoms with van der Waals surface area (Å²) in [5, 5.41) is 3.53. The van der Waals surface area contributed by atoms with Crippen LogP contribution in [-0.2, 0) is 4.79 Å². The Morgan fingerprint density at radius 3 is 2.89 bits per heavy atom. The van der Waals surface area contributed by atoms with Crippen LogP contribution in [0.25, 0.3) is 0 Å². The number of hydrogen-bond acceptors (Lipinski definition) is 3. The number of nitrogens with zero attached hydrogens (tertiary/aromatic N) is 1. The molecule has 1 amide bonds. The third-order valence-electron chi connectivity index (χ3n) is 3.16. The number of nitrogens with two attached hydrogens (primary N) is 1. The van der Waals surface area contributed by atoms with Gasteiger partial charge in [-0.15, -0.1) is 0 Å². The normalized spacial score (nSPS) is 16.9. The number of hydrogen-bond donors (Lipinski definition) is 2. The Kier molecular flexibility index (Phi) is 3.45. The zero-order valence-corrected chi connectivity index (χ0v) is 11.1. The number of nitrogens with one attached hydrogen (secondary N) is 1. The quantitative estimate of drug-likeness (QED) is 0.855. The van der Waals surface area contributed by atoms with Crippen LogP contribution in [0.5, 0.6) is 0 Å². The smallest absolute Gasteiger partial charge is 0.217 e. The van der Waals surface area contributed by atoms with Crippen molar-refractivity contribution in [3.63, 3.8) is 0 Å². The van der Waals surface area contributed by atoms with E-state index in [0.717, 1.165) is 25.2 Å². The molecule has 0 fully saturated rings. The number of fused-ring (bicyclic) bond motifs is 1. The molecule has 4 nitrogen and oxygen atoms in total. The van der Waals surface area contributed by atoms with E-state index in [1.165, 1.54) is 5.69 Å². The zero-order chi connectivity index (χ0) is 13.2. The van der Waals surface area contributed by atoms with Gasteiger partial charge in [-0.2, -0.15) is 0 Å². The van der Waals surface area contributed by atoms with Crippen LogP contribution >= 0.6 is 0 Å². The first kappa shape index (κ1) is 12.7. The molecule has 0 atom stereocenters. The van der Waals surface area contributed by atoms with E-state index in [2.05, 4.69) is 36.2 Å². The van der Waals surface area contributed by atoms with Gasteiger partial charge in [0.05, 0.1) is 11.4 Å². The molecule has 0 bridgehead atoms. The van der Waals surface area contributed by atoms with E-state index in [4.69, 9.17) is 5.73 Å². The van der Waals surface area contributed by atoms with Crippen LogP contribution in [0.2, 0.25) is 0 Å². The van der Waals surface area contributed by atoms with E-state index >= 15 is 0 Å². The lowest BCUT2D eigenvalue weighted by Gasteiger charge is -2.42. The maximum atomic E-state index is 10.8. The minimum atomic E-state index is -0.224. The van der Waals surface area contributed by atoms with E-state index in [1.54, 1.807) is 0 Å². The lowest BCUT2D eigenvalue weighted by atomic mass is 9.99. The van der Waals surface area contributed by atoms with Crippen molar-refractivity contribution in [1.29, 1.82) is 0 Å². The van der Waals surface area contributed by atoms with Gasteiger partial charge in [0, 0.05) is 25.0 Å². The third-order valence-corrected chi connectivity index (χ3v) is 3.16. The van der Waals surface area contributed by atoms with Gasteiger partial charge in [0.15, 0.2) is 0 Å². The van der Waals surface area contributed by atoms with Gasteiger partial charge in [0.2, 0.25) is 5.91 Å². The van der Waals surface area contributed by atoms with Crippen LogP contribution < -0.4 is 16.0 Å². The first-order chi connectivity index (χ1) is 8.48. The summed E-state index contributed by atoms with van der Waals surface area (Å²) in [4.78, 5) is 13.1. The van der Waals surface area contributed by atoms with Gasteiger partial charge < -0.3 is 16.0 Å². The van der Waals surface area contributed by atoms with Gasteiger partial charge in [-0.05, 0) is 32.4 Å². The Morgan fingerprint density at radius 2 is 2.17 bits per heavy atom. The summed E-state index contributed by atoms with van der Waals surface area (Å²) in [6.07, 6.45) is 1.26. The topological polar surface area (TPSA) is 58.4 Å².